The number of allylic oxidation sites excluding steroid dienone is 5. The minimum Gasteiger partial charge on any atom is -0.618 e. The Hall–Kier alpha value is -1.64. The average molecular weight is 147 g/mol. The number of carbonyl (C=O) groups excluding carboxylic acids is 1. The van der Waals surface area contributed by atoms with E-state index in [1.54, 1.807) is 12.2 Å². The fraction of sp³-hybridized carbons (Fsp3) is 0. The van der Waals surface area contributed by atoms with Crippen LogP contribution in [0, 0.1) is 5.21 Å². The van der Waals surface area contributed by atoms with Crippen molar-refractivity contribution < 1.29 is 9.53 Å². The van der Waals surface area contributed by atoms with Crippen molar-refractivity contribution in [1.29, 1.82) is 0 Å². The highest BCUT2D eigenvalue weighted by Crippen LogP contribution is 2.19. The second kappa shape index (κ2) is 1.92. The van der Waals surface area contributed by atoms with Gasteiger partial charge in [0, 0.05) is 12.2 Å². The lowest BCUT2D eigenvalue weighted by molar-refractivity contribution is -0.387. The maximum Gasteiger partial charge on any atom is 0.227 e. The van der Waals surface area contributed by atoms with Gasteiger partial charge in [0.15, 0.2) is 12.0 Å². The lowest BCUT2D eigenvalue weighted by Crippen LogP contribution is -2.08. The van der Waals surface area contributed by atoms with E-state index in [2.05, 4.69) is 0 Å². The zero-order valence-corrected chi connectivity index (χ0v) is 5.65. The average Bonchev–Trinajstić information content (AvgIpc) is 2.35. The van der Waals surface area contributed by atoms with Crippen molar-refractivity contribution in [2.24, 2.45) is 0 Å². The van der Waals surface area contributed by atoms with E-state index in [0.717, 1.165) is 0 Å². The number of fused-ring (bicyclic) bond motifs is 1. The summed E-state index contributed by atoms with van der Waals surface area (Å²) in [5.41, 5.74) is 0.931. The molecule has 11 heavy (non-hydrogen) atoms. The van der Waals surface area contributed by atoms with Crippen LogP contribution < -0.4 is 0 Å². The summed E-state index contributed by atoms with van der Waals surface area (Å²) in [6.07, 6.45) is 7.53. The fourth-order valence-electron chi connectivity index (χ4n) is 1.11. The molecule has 0 bridgehead atoms. The molecular weight excluding hydrogens is 142 g/mol. The van der Waals surface area contributed by atoms with Crippen LogP contribution in [0.1, 0.15) is 0 Å². The lowest BCUT2D eigenvalue weighted by Gasteiger charge is -2.04. The lowest BCUT2D eigenvalue weighted by atomic mass is 10.0. The van der Waals surface area contributed by atoms with Gasteiger partial charge < -0.3 is 5.21 Å². The molecular formula is C8H5NO2. The van der Waals surface area contributed by atoms with Gasteiger partial charge in [-0.3, -0.25) is 4.79 Å². The third-order valence-electron chi connectivity index (χ3n) is 1.66. The van der Waals surface area contributed by atoms with Crippen molar-refractivity contribution in [3.05, 3.63) is 40.8 Å². The number of ketones is 1. The van der Waals surface area contributed by atoms with Crippen molar-refractivity contribution in [3.63, 3.8) is 0 Å². The first kappa shape index (κ1) is 6.09. The standard InChI is InChI=1S/C8H5NO2/c10-8-3-1-2-7-6(8)4-5-9(7)11/h1-5H. The highest BCUT2D eigenvalue weighted by atomic mass is 16.5. The van der Waals surface area contributed by atoms with Gasteiger partial charge in [-0.25, -0.2) is 0 Å². The summed E-state index contributed by atoms with van der Waals surface area (Å²) in [4.78, 5) is 11.0. The molecule has 0 fully saturated rings. The van der Waals surface area contributed by atoms with E-state index < -0.39 is 0 Å². The number of rotatable bonds is 0. The van der Waals surface area contributed by atoms with E-state index >= 15 is 0 Å². The van der Waals surface area contributed by atoms with Gasteiger partial charge in [0.25, 0.3) is 0 Å². The fourth-order valence-corrected chi connectivity index (χ4v) is 1.11. The van der Waals surface area contributed by atoms with Gasteiger partial charge >= 0.3 is 0 Å². The van der Waals surface area contributed by atoms with Gasteiger partial charge in [0.2, 0.25) is 5.70 Å². The molecule has 0 spiro atoms. The molecule has 0 amide bonds. The van der Waals surface area contributed by atoms with Crippen molar-refractivity contribution in [3.8, 4) is 0 Å². The van der Waals surface area contributed by atoms with Crippen LogP contribution in [0.3, 0.4) is 0 Å². The minimum absolute atomic E-state index is 0.0999. The number of hydrogen-bond acceptors (Lipinski definition) is 2. The Morgan fingerprint density at radius 2 is 2.18 bits per heavy atom. The molecule has 0 saturated heterocycles. The van der Waals surface area contributed by atoms with Crippen molar-refractivity contribution >= 4 is 12.0 Å². The molecule has 1 aliphatic heterocycles. The van der Waals surface area contributed by atoms with Crippen LogP contribution in [-0.2, 0) is 4.79 Å². The third kappa shape index (κ3) is 0.741. The summed E-state index contributed by atoms with van der Waals surface area (Å²) in [6, 6.07) is 0. The highest BCUT2D eigenvalue weighted by Gasteiger charge is 2.25. The summed E-state index contributed by atoms with van der Waals surface area (Å²) < 4.78 is 0.691. The Morgan fingerprint density at radius 1 is 1.36 bits per heavy atom. The predicted octanol–water partition coefficient (Wildman–Crippen LogP) is 0.530. The predicted molar refractivity (Wildman–Crippen MR) is 40.0 cm³/mol. The number of nitrogens with zero attached hydrogens (tertiary/aromatic N) is 1. The molecule has 0 aromatic carbocycles. The molecule has 0 N–H and O–H groups in total. The second-order valence-corrected chi connectivity index (χ2v) is 2.33. The van der Waals surface area contributed by atoms with Crippen LogP contribution in [0.25, 0.3) is 0 Å². The zero-order chi connectivity index (χ0) is 7.84. The molecule has 0 unspecified atom stereocenters. The monoisotopic (exact) mass is 147 g/mol. The largest absolute Gasteiger partial charge is 0.618 e. The first-order valence-corrected chi connectivity index (χ1v) is 3.23. The van der Waals surface area contributed by atoms with Gasteiger partial charge in [0.1, 0.15) is 5.57 Å². The van der Waals surface area contributed by atoms with Crippen LogP contribution in [0.5, 0.6) is 0 Å². The molecule has 0 atom stereocenters. The van der Waals surface area contributed by atoms with Crippen molar-refractivity contribution in [2.75, 3.05) is 0 Å². The SMILES string of the molecule is O=C1C=CC=C2C1=CC=[N+]2[O-]. The number of hydrogen-bond donors (Lipinski definition) is 0. The van der Waals surface area contributed by atoms with E-state index in [-0.39, 0.29) is 5.78 Å². The van der Waals surface area contributed by atoms with Gasteiger partial charge in [-0.15, -0.1) is 0 Å². The smallest absolute Gasteiger partial charge is 0.227 e. The Bertz CT molecular complexity index is 345. The second-order valence-electron chi connectivity index (χ2n) is 2.33. The maximum absolute atomic E-state index is 11.0. The Balaban J connectivity index is 2.53. The Morgan fingerprint density at radius 3 is 2.91 bits per heavy atom. The van der Waals surface area contributed by atoms with E-state index in [0.29, 0.717) is 16.0 Å². The molecule has 1 aliphatic carbocycles. The maximum atomic E-state index is 11.0. The van der Waals surface area contributed by atoms with Crippen LogP contribution in [0.2, 0.25) is 0 Å². The summed E-state index contributed by atoms with van der Waals surface area (Å²) in [5.74, 6) is -0.0999. The normalized spacial score (nSPS) is 20.7. The van der Waals surface area contributed by atoms with Gasteiger partial charge in [-0.1, -0.05) is 6.08 Å². The first-order valence-electron chi connectivity index (χ1n) is 3.23. The summed E-state index contributed by atoms with van der Waals surface area (Å²) in [6.45, 7) is 0. The van der Waals surface area contributed by atoms with Crippen LogP contribution in [-0.4, -0.2) is 16.7 Å². The van der Waals surface area contributed by atoms with Gasteiger partial charge in [-0.2, -0.15) is 4.74 Å². The van der Waals surface area contributed by atoms with Crippen LogP contribution >= 0.6 is 0 Å². The van der Waals surface area contributed by atoms with Gasteiger partial charge in [-0.05, 0) is 6.08 Å². The van der Waals surface area contributed by atoms with E-state index in [1.165, 1.54) is 18.4 Å². The van der Waals surface area contributed by atoms with Crippen molar-refractivity contribution in [1.82, 2.24) is 0 Å². The van der Waals surface area contributed by atoms with Crippen LogP contribution in [0.4, 0.5) is 0 Å². The zero-order valence-electron chi connectivity index (χ0n) is 5.65. The third-order valence-corrected chi connectivity index (χ3v) is 1.66. The Labute approximate surface area is 63.2 Å². The summed E-state index contributed by atoms with van der Waals surface area (Å²) in [7, 11) is 0. The minimum atomic E-state index is -0.0999. The first-order chi connectivity index (χ1) is 5.29. The Kier molecular flexibility index (Phi) is 1.06. The molecule has 0 radical (unpaired) electrons. The van der Waals surface area contributed by atoms with E-state index in [4.69, 9.17) is 0 Å². The summed E-state index contributed by atoms with van der Waals surface area (Å²) >= 11 is 0. The van der Waals surface area contributed by atoms with Gasteiger partial charge in [0.05, 0.1) is 0 Å². The molecule has 0 aromatic rings. The topological polar surface area (TPSA) is 43.1 Å². The summed E-state index contributed by atoms with van der Waals surface area (Å²) in [5, 5.41) is 10.9. The molecule has 0 saturated carbocycles. The molecule has 54 valence electrons. The van der Waals surface area contributed by atoms with E-state index in [1.807, 2.05) is 0 Å². The number of carbonyl (C=O) groups is 1. The molecule has 2 rings (SSSR count). The highest BCUT2D eigenvalue weighted by molar-refractivity contribution is 6.11. The molecule has 1 heterocycles. The van der Waals surface area contributed by atoms with Crippen LogP contribution in [0.15, 0.2) is 35.6 Å². The molecule has 0 aromatic heterocycles. The number of hydroxylamine groups is 1. The molecule has 2 aliphatic rings. The molecule has 3 nitrogen and oxygen atoms in total. The van der Waals surface area contributed by atoms with E-state index in [9.17, 15) is 10.0 Å². The quantitative estimate of drug-likeness (QED) is 0.370. The van der Waals surface area contributed by atoms with Crippen molar-refractivity contribution in [2.45, 2.75) is 0 Å². The molecule has 3 heteroatoms.